The fourth-order valence-corrected chi connectivity index (χ4v) is 6.68. The molecule has 1 heterocycles. The van der Waals surface area contributed by atoms with Crippen LogP contribution in [0.15, 0.2) is 48.0 Å². The fraction of sp³-hybridized carbons (Fsp3) is 0.417. The lowest BCUT2D eigenvalue weighted by Gasteiger charge is -2.52. The van der Waals surface area contributed by atoms with E-state index in [1.54, 1.807) is 5.57 Å². The summed E-state index contributed by atoms with van der Waals surface area (Å²) in [5, 5.41) is 10.2. The Hall–Kier alpha value is -2.22. The molecule has 4 saturated carbocycles. The molecular weight excluding hydrogens is 318 g/mol. The summed E-state index contributed by atoms with van der Waals surface area (Å²) in [6.45, 7) is 0. The minimum atomic E-state index is 0.374. The summed E-state index contributed by atoms with van der Waals surface area (Å²) in [4.78, 5) is 2.28. The number of fused-ring (bicyclic) bond motifs is 2. The number of hydrogen-bond acceptors (Lipinski definition) is 2. The van der Waals surface area contributed by atoms with Gasteiger partial charge in [-0.1, -0.05) is 23.8 Å². The van der Waals surface area contributed by atoms with Crippen molar-refractivity contribution in [1.82, 2.24) is 0 Å². The van der Waals surface area contributed by atoms with Crippen LogP contribution in [0, 0.1) is 23.7 Å². The SMILES string of the molecule is CN1c2ccccc2C(=C2C3CC4CC(C3)CC2C4)c2cc(O)ccc21. The predicted molar refractivity (Wildman–Crippen MR) is 106 cm³/mol. The van der Waals surface area contributed by atoms with Gasteiger partial charge in [0.05, 0.1) is 0 Å². The normalized spacial score (nSPS) is 31.2. The number of phenols is 1. The summed E-state index contributed by atoms with van der Waals surface area (Å²) in [5.74, 6) is 3.82. The first-order chi connectivity index (χ1) is 12.7. The molecule has 4 fully saturated rings. The Balaban J connectivity index is 1.65. The molecule has 0 spiro atoms. The van der Waals surface area contributed by atoms with Crippen molar-refractivity contribution < 1.29 is 5.11 Å². The van der Waals surface area contributed by atoms with Gasteiger partial charge in [0.25, 0.3) is 0 Å². The highest BCUT2D eigenvalue weighted by Gasteiger charge is 2.47. The smallest absolute Gasteiger partial charge is 0.116 e. The van der Waals surface area contributed by atoms with Gasteiger partial charge < -0.3 is 10.0 Å². The standard InChI is InChI=1S/C24H25NO/c1-25-21-5-3-2-4-19(21)24(20-13-18(26)6-7-22(20)25)23-16-9-14-8-15(11-16)12-17(23)10-14/h2-7,13-17,26H,8-12H2,1H3. The third-order valence-electron chi connectivity index (χ3n) is 7.45. The topological polar surface area (TPSA) is 23.5 Å². The molecule has 0 radical (unpaired) electrons. The molecule has 4 aliphatic carbocycles. The van der Waals surface area contributed by atoms with Crippen molar-refractivity contribution in [2.75, 3.05) is 11.9 Å². The quantitative estimate of drug-likeness (QED) is 0.660. The highest BCUT2D eigenvalue weighted by atomic mass is 16.3. The van der Waals surface area contributed by atoms with Gasteiger partial charge in [-0.25, -0.2) is 0 Å². The average molecular weight is 343 g/mol. The fourth-order valence-electron chi connectivity index (χ4n) is 6.68. The third kappa shape index (κ3) is 1.93. The number of aromatic hydroxyl groups is 1. The summed E-state index contributed by atoms with van der Waals surface area (Å²) < 4.78 is 0. The third-order valence-corrected chi connectivity index (χ3v) is 7.45. The van der Waals surface area contributed by atoms with E-state index in [-0.39, 0.29) is 0 Å². The van der Waals surface area contributed by atoms with E-state index in [9.17, 15) is 5.11 Å². The van der Waals surface area contributed by atoms with Crippen LogP contribution in [0.3, 0.4) is 0 Å². The molecule has 5 aliphatic rings. The second-order valence-electron chi connectivity index (χ2n) is 8.91. The van der Waals surface area contributed by atoms with Gasteiger partial charge >= 0.3 is 0 Å². The zero-order valence-electron chi connectivity index (χ0n) is 15.3. The van der Waals surface area contributed by atoms with Crippen molar-refractivity contribution in [3.63, 3.8) is 0 Å². The highest BCUT2D eigenvalue weighted by Crippen LogP contribution is 2.60. The summed E-state index contributed by atoms with van der Waals surface area (Å²) in [6, 6.07) is 14.7. The first-order valence-electron chi connectivity index (χ1n) is 10.1. The molecule has 0 aromatic heterocycles. The molecule has 0 unspecified atom stereocenters. The number of hydrogen-bond donors (Lipinski definition) is 1. The zero-order valence-corrected chi connectivity index (χ0v) is 15.3. The first-order valence-corrected chi connectivity index (χ1v) is 10.1. The summed E-state index contributed by atoms with van der Waals surface area (Å²) in [5.41, 5.74) is 8.26. The van der Waals surface area contributed by atoms with E-state index in [4.69, 9.17) is 0 Å². The average Bonchev–Trinajstić information content (AvgIpc) is 2.63. The molecule has 2 heteroatoms. The number of para-hydroxylation sites is 1. The Bertz CT molecular complexity index is 911. The van der Waals surface area contributed by atoms with Crippen LogP contribution in [0.25, 0.3) is 5.57 Å². The van der Waals surface area contributed by atoms with Gasteiger partial charge in [0, 0.05) is 29.5 Å². The summed E-state index contributed by atoms with van der Waals surface area (Å²) in [6.07, 6.45) is 7.03. The lowest BCUT2D eigenvalue weighted by molar-refractivity contribution is 0.0705. The second kappa shape index (κ2) is 5.16. The van der Waals surface area contributed by atoms with E-state index in [0.717, 1.165) is 23.7 Å². The van der Waals surface area contributed by atoms with Crippen LogP contribution in [-0.4, -0.2) is 12.2 Å². The maximum atomic E-state index is 10.2. The Labute approximate surface area is 155 Å². The van der Waals surface area contributed by atoms with E-state index in [0.29, 0.717) is 5.75 Å². The molecule has 2 aromatic rings. The lowest BCUT2D eigenvalue weighted by atomic mass is 9.53. The maximum absolute atomic E-state index is 10.2. The number of rotatable bonds is 0. The van der Waals surface area contributed by atoms with Gasteiger partial charge in [-0.2, -0.15) is 0 Å². The van der Waals surface area contributed by atoms with Crippen LogP contribution in [0.2, 0.25) is 0 Å². The van der Waals surface area contributed by atoms with Crippen LogP contribution >= 0.6 is 0 Å². The number of phenolic OH excluding ortho intramolecular Hbond substituents is 1. The van der Waals surface area contributed by atoms with Crippen molar-refractivity contribution in [2.45, 2.75) is 32.1 Å². The Morgan fingerprint density at radius 3 is 2.19 bits per heavy atom. The number of anilines is 2. The summed E-state index contributed by atoms with van der Waals surface area (Å²) >= 11 is 0. The van der Waals surface area contributed by atoms with E-state index >= 15 is 0 Å². The minimum Gasteiger partial charge on any atom is -0.508 e. The zero-order chi connectivity index (χ0) is 17.4. The lowest BCUT2D eigenvalue weighted by Crippen LogP contribution is -2.41. The molecule has 7 rings (SSSR count). The predicted octanol–water partition coefficient (Wildman–Crippen LogP) is 5.73. The molecule has 26 heavy (non-hydrogen) atoms. The number of benzene rings is 2. The summed E-state index contributed by atoms with van der Waals surface area (Å²) in [7, 11) is 2.15. The molecule has 0 saturated heterocycles. The largest absolute Gasteiger partial charge is 0.508 e. The molecule has 0 amide bonds. The van der Waals surface area contributed by atoms with Crippen LogP contribution in [0.5, 0.6) is 5.75 Å². The van der Waals surface area contributed by atoms with Gasteiger partial charge in [0.15, 0.2) is 0 Å². The van der Waals surface area contributed by atoms with E-state index in [2.05, 4.69) is 42.3 Å². The number of nitrogens with zero attached hydrogens (tertiary/aromatic N) is 1. The number of allylic oxidation sites excluding steroid dienone is 1. The maximum Gasteiger partial charge on any atom is 0.116 e. The Morgan fingerprint density at radius 2 is 1.46 bits per heavy atom. The molecule has 0 atom stereocenters. The molecule has 1 N–H and O–H groups in total. The van der Waals surface area contributed by atoms with Crippen LogP contribution in [-0.2, 0) is 0 Å². The van der Waals surface area contributed by atoms with Crippen molar-refractivity contribution in [2.24, 2.45) is 23.7 Å². The van der Waals surface area contributed by atoms with Gasteiger partial charge in [0.1, 0.15) is 5.75 Å². The van der Waals surface area contributed by atoms with Crippen LogP contribution < -0.4 is 4.90 Å². The van der Waals surface area contributed by atoms with Gasteiger partial charge in [-0.05, 0) is 85.6 Å². The minimum absolute atomic E-state index is 0.374. The van der Waals surface area contributed by atoms with E-state index < -0.39 is 0 Å². The van der Waals surface area contributed by atoms with Gasteiger partial charge in [-0.3, -0.25) is 0 Å². The van der Waals surface area contributed by atoms with Crippen molar-refractivity contribution in [3.8, 4) is 5.75 Å². The monoisotopic (exact) mass is 343 g/mol. The molecule has 132 valence electrons. The molecule has 1 aliphatic heterocycles. The van der Waals surface area contributed by atoms with Crippen molar-refractivity contribution in [3.05, 3.63) is 59.2 Å². The van der Waals surface area contributed by atoms with Gasteiger partial charge in [0.2, 0.25) is 0 Å². The Morgan fingerprint density at radius 1 is 0.808 bits per heavy atom. The van der Waals surface area contributed by atoms with Crippen molar-refractivity contribution in [1.29, 1.82) is 0 Å². The van der Waals surface area contributed by atoms with Crippen LogP contribution in [0.4, 0.5) is 11.4 Å². The molecule has 4 bridgehead atoms. The van der Waals surface area contributed by atoms with Crippen molar-refractivity contribution >= 4 is 16.9 Å². The van der Waals surface area contributed by atoms with E-state index in [1.165, 1.54) is 60.2 Å². The Kier molecular flexibility index (Phi) is 2.95. The van der Waals surface area contributed by atoms with Gasteiger partial charge in [-0.15, -0.1) is 0 Å². The van der Waals surface area contributed by atoms with Crippen LogP contribution in [0.1, 0.15) is 43.2 Å². The molecule has 2 aromatic carbocycles. The van der Waals surface area contributed by atoms with E-state index in [1.807, 2.05) is 12.1 Å². The first kappa shape index (κ1) is 14.9. The molecule has 2 nitrogen and oxygen atoms in total. The highest BCUT2D eigenvalue weighted by molar-refractivity contribution is 5.99. The second-order valence-corrected chi connectivity index (χ2v) is 8.91. The molecular formula is C24H25NO.